The Kier molecular flexibility index (Phi) is 4.71. The first-order valence-corrected chi connectivity index (χ1v) is 7.69. The fourth-order valence-corrected chi connectivity index (χ4v) is 2.53. The van der Waals surface area contributed by atoms with Crippen LogP contribution >= 0.6 is 0 Å². The van der Waals surface area contributed by atoms with Gasteiger partial charge in [0.1, 0.15) is 17.5 Å². The number of hydrogen-bond donors (Lipinski definition) is 1. The van der Waals surface area contributed by atoms with Crippen LogP contribution in [0.4, 0.5) is 20.3 Å². The Balaban J connectivity index is 1.68. The van der Waals surface area contributed by atoms with Gasteiger partial charge in [-0.3, -0.25) is 4.79 Å². The topological polar surface area (TPSA) is 48.5 Å². The Morgan fingerprint density at radius 3 is 2.54 bits per heavy atom. The molecule has 0 atom stereocenters. The van der Waals surface area contributed by atoms with E-state index < -0.39 is 17.5 Å². The molecule has 1 amide bonds. The van der Waals surface area contributed by atoms with Crippen LogP contribution in [-0.2, 0) is 0 Å². The van der Waals surface area contributed by atoms with Gasteiger partial charge < -0.3 is 15.1 Å². The monoisotopic (exact) mass is 332 g/mol. The van der Waals surface area contributed by atoms with Crippen molar-refractivity contribution in [2.24, 2.45) is 0 Å². The maximum atomic E-state index is 13.6. The third kappa shape index (κ3) is 3.68. The number of halogens is 2. The zero-order chi connectivity index (χ0) is 17.1. The molecule has 1 aromatic carbocycles. The van der Waals surface area contributed by atoms with Crippen molar-refractivity contribution in [1.82, 2.24) is 9.88 Å². The lowest BCUT2D eigenvalue weighted by Gasteiger charge is -2.33. The van der Waals surface area contributed by atoms with E-state index in [0.717, 1.165) is 50.2 Å². The summed E-state index contributed by atoms with van der Waals surface area (Å²) >= 11 is 0. The molecule has 3 rings (SSSR count). The molecule has 1 fully saturated rings. The van der Waals surface area contributed by atoms with Gasteiger partial charge in [0.25, 0.3) is 5.91 Å². The first kappa shape index (κ1) is 16.3. The van der Waals surface area contributed by atoms with E-state index in [4.69, 9.17) is 0 Å². The second-order valence-electron chi connectivity index (χ2n) is 5.77. The van der Waals surface area contributed by atoms with Crippen molar-refractivity contribution < 1.29 is 13.6 Å². The molecule has 0 aliphatic carbocycles. The first-order valence-electron chi connectivity index (χ1n) is 7.69. The summed E-state index contributed by atoms with van der Waals surface area (Å²) in [6, 6.07) is 6.31. The highest BCUT2D eigenvalue weighted by Crippen LogP contribution is 2.18. The molecular formula is C17H18F2N4O. The standard InChI is InChI=1S/C17H18F2N4O/c1-22-6-8-23(9-7-22)16-5-2-12(11-20-16)17(24)21-15-10-13(18)3-4-14(15)19/h2-5,10-11H,6-9H2,1H3,(H,21,24). The predicted octanol–water partition coefficient (Wildman–Crippen LogP) is 2.36. The molecule has 2 aromatic rings. The molecule has 0 unspecified atom stereocenters. The molecule has 1 aliphatic heterocycles. The highest BCUT2D eigenvalue weighted by molar-refractivity contribution is 6.04. The second-order valence-corrected chi connectivity index (χ2v) is 5.77. The largest absolute Gasteiger partial charge is 0.354 e. The fourth-order valence-electron chi connectivity index (χ4n) is 2.53. The van der Waals surface area contributed by atoms with E-state index in [2.05, 4.69) is 27.1 Å². The lowest BCUT2D eigenvalue weighted by Crippen LogP contribution is -2.44. The molecule has 1 N–H and O–H groups in total. The number of anilines is 2. The minimum absolute atomic E-state index is 0.192. The predicted molar refractivity (Wildman–Crippen MR) is 88.3 cm³/mol. The Hall–Kier alpha value is -2.54. The normalized spacial score (nSPS) is 15.4. The zero-order valence-corrected chi connectivity index (χ0v) is 13.3. The minimum Gasteiger partial charge on any atom is -0.354 e. The second kappa shape index (κ2) is 6.92. The van der Waals surface area contributed by atoms with E-state index in [1.807, 2.05) is 0 Å². The van der Waals surface area contributed by atoms with E-state index in [9.17, 15) is 13.6 Å². The molecule has 5 nitrogen and oxygen atoms in total. The average Bonchev–Trinajstić information content (AvgIpc) is 2.59. The number of amides is 1. The van der Waals surface area contributed by atoms with E-state index in [1.165, 1.54) is 6.20 Å². The number of likely N-dealkylation sites (N-methyl/N-ethyl adjacent to an activating group) is 1. The van der Waals surface area contributed by atoms with Crippen LogP contribution in [0.2, 0.25) is 0 Å². The van der Waals surface area contributed by atoms with E-state index in [1.54, 1.807) is 12.1 Å². The summed E-state index contributed by atoms with van der Waals surface area (Å²) < 4.78 is 26.7. The zero-order valence-electron chi connectivity index (χ0n) is 13.3. The Morgan fingerprint density at radius 1 is 1.12 bits per heavy atom. The maximum Gasteiger partial charge on any atom is 0.257 e. The number of piperazine rings is 1. The lowest BCUT2D eigenvalue weighted by molar-refractivity contribution is 0.102. The number of rotatable bonds is 3. The summed E-state index contributed by atoms with van der Waals surface area (Å²) in [4.78, 5) is 20.8. The summed E-state index contributed by atoms with van der Waals surface area (Å²) in [5.41, 5.74) is 0.0969. The molecule has 7 heteroatoms. The SMILES string of the molecule is CN1CCN(c2ccc(C(=O)Nc3cc(F)ccc3F)cn2)CC1. The van der Waals surface area contributed by atoms with Crippen LogP contribution in [0.3, 0.4) is 0 Å². The van der Waals surface area contributed by atoms with Gasteiger partial charge in [0, 0.05) is 38.4 Å². The van der Waals surface area contributed by atoms with Gasteiger partial charge in [-0.25, -0.2) is 13.8 Å². The molecular weight excluding hydrogens is 314 g/mol. The van der Waals surface area contributed by atoms with Crippen molar-refractivity contribution in [2.45, 2.75) is 0 Å². The molecule has 2 heterocycles. The third-order valence-electron chi connectivity index (χ3n) is 4.01. The number of carbonyl (C=O) groups excluding carboxylic acids is 1. The van der Waals surface area contributed by atoms with Crippen molar-refractivity contribution in [3.63, 3.8) is 0 Å². The van der Waals surface area contributed by atoms with Gasteiger partial charge in [-0.1, -0.05) is 0 Å². The van der Waals surface area contributed by atoms with Crippen LogP contribution in [0.5, 0.6) is 0 Å². The van der Waals surface area contributed by atoms with Gasteiger partial charge >= 0.3 is 0 Å². The Bertz CT molecular complexity index is 728. The summed E-state index contributed by atoms with van der Waals surface area (Å²) in [5, 5.41) is 2.36. The van der Waals surface area contributed by atoms with Crippen molar-refractivity contribution in [3.05, 3.63) is 53.7 Å². The van der Waals surface area contributed by atoms with Crippen LogP contribution in [0, 0.1) is 11.6 Å². The Morgan fingerprint density at radius 2 is 1.88 bits per heavy atom. The van der Waals surface area contributed by atoms with Crippen LogP contribution in [-0.4, -0.2) is 49.0 Å². The highest BCUT2D eigenvalue weighted by Gasteiger charge is 2.16. The van der Waals surface area contributed by atoms with Crippen molar-refractivity contribution in [3.8, 4) is 0 Å². The van der Waals surface area contributed by atoms with Crippen molar-refractivity contribution in [2.75, 3.05) is 43.4 Å². The van der Waals surface area contributed by atoms with Crippen LogP contribution < -0.4 is 10.2 Å². The molecule has 24 heavy (non-hydrogen) atoms. The van der Waals surface area contributed by atoms with Crippen molar-refractivity contribution in [1.29, 1.82) is 0 Å². The molecule has 0 spiro atoms. The van der Waals surface area contributed by atoms with Crippen LogP contribution in [0.1, 0.15) is 10.4 Å². The molecule has 1 saturated heterocycles. The third-order valence-corrected chi connectivity index (χ3v) is 4.01. The van der Waals surface area contributed by atoms with E-state index in [0.29, 0.717) is 0 Å². The molecule has 0 saturated carbocycles. The van der Waals surface area contributed by atoms with Gasteiger partial charge in [0.05, 0.1) is 11.3 Å². The number of pyridine rings is 1. The lowest BCUT2D eigenvalue weighted by atomic mass is 10.2. The van der Waals surface area contributed by atoms with Gasteiger partial charge in [0.15, 0.2) is 0 Å². The quantitative estimate of drug-likeness (QED) is 0.937. The van der Waals surface area contributed by atoms with E-state index in [-0.39, 0.29) is 11.3 Å². The van der Waals surface area contributed by atoms with E-state index >= 15 is 0 Å². The maximum absolute atomic E-state index is 13.6. The number of nitrogens with one attached hydrogen (secondary N) is 1. The van der Waals surface area contributed by atoms with Gasteiger partial charge in [0.2, 0.25) is 0 Å². The van der Waals surface area contributed by atoms with Gasteiger partial charge in [-0.05, 0) is 31.3 Å². The molecule has 0 radical (unpaired) electrons. The number of nitrogens with zero attached hydrogens (tertiary/aromatic N) is 3. The fraction of sp³-hybridized carbons (Fsp3) is 0.294. The molecule has 0 bridgehead atoms. The number of benzene rings is 1. The van der Waals surface area contributed by atoms with Gasteiger partial charge in [-0.15, -0.1) is 0 Å². The average molecular weight is 332 g/mol. The Labute approximate surface area is 138 Å². The number of hydrogen-bond acceptors (Lipinski definition) is 4. The first-order chi connectivity index (χ1) is 11.5. The smallest absolute Gasteiger partial charge is 0.257 e. The minimum atomic E-state index is -0.688. The number of aromatic nitrogens is 1. The highest BCUT2D eigenvalue weighted by atomic mass is 19.1. The summed E-state index contributed by atoms with van der Waals surface area (Å²) in [6.45, 7) is 3.68. The summed E-state index contributed by atoms with van der Waals surface area (Å²) in [6.07, 6.45) is 1.44. The molecule has 126 valence electrons. The molecule has 1 aromatic heterocycles. The van der Waals surface area contributed by atoms with Gasteiger partial charge in [-0.2, -0.15) is 0 Å². The molecule has 1 aliphatic rings. The summed E-state index contributed by atoms with van der Waals surface area (Å²) in [5.74, 6) is -1.03. The number of carbonyl (C=O) groups is 1. The summed E-state index contributed by atoms with van der Waals surface area (Å²) in [7, 11) is 2.07. The van der Waals surface area contributed by atoms with Crippen molar-refractivity contribution >= 4 is 17.4 Å². The van der Waals surface area contributed by atoms with Crippen LogP contribution in [0.15, 0.2) is 36.5 Å². The van der Waals surface area contributed by atoms with Crippen LogP contribution in [0.25, 0.3) is 0 Å².